The van der Waals surface area contributed by atoms with Gasteiger partial charge in [0.1, 0.15) is 5.76 Å². The van der Waals surface area contributed by atoms with Gasteiger partial charge in [-0.25, -0.2) is 0 Å². The molecule has 1 fully saturated rings. The molecule has 0 bridgehead atoms. The lowest BCUT2D eigenvalue weighted by molar-refractivity contribution is -0.121. The number of carbonyl (C=O) groups is 1. The highest BCUT2D eigenvalue weighted by Crippen LogP contribution is 2.23. The van der Waals surface area contributed by atoms with Crippen LogP contribution in [0.4, 0.5) is 0 Å². The lowest BCUT2D eigenvalue weighted by Crippen LogP contribution is -2.40. The molecule has 2 N–H and O–H groups in total. The topological polar surface area (TPSA) is 67.2 Å². The molecular formula is C15H25N3O2. The van der Waals surface area contributed by atoms with E-state index in [-0.39, 0.29) is 11.9 Å². The Balaban J connectivity index is 1.86. The van der Waals surface area contributed by atoms with Crippen LogP contribution in [0, 0.1) is 13.8 Å². The van der Waals surface area contributed by atoms with E-state index in [0.29, 0.717) is 12.6 Å². The SMILES string of the molecule is CC[C@H](NCC(=O)NC1CCCC1)c1c(C)noc1C. The highest BCUT2D eigenvalue weighted by Gasteiger charge is 2.21. The van der Waals surface area contributed by atoms with Gasteiger partial charge in [0.25, 0.3) is 0 Å². The van der Waals surface area contributed by atoms with Crippen LogP contribution in [0.3, 0.4) is 0 Å². The molecule has 0 radical (unpaired) electrons. The lowest BCUT2D eigenvalue weighted by atomic mass is 10.0. The van der Waals surface area contributed by atoms with Crippen LogP contribution in [0.5, 0.6) is 0 Å². The maximum absolute atomic E-state index is 11.9. The highest BCUT2D eigenvalue weighted by molar-refractivity contribution is 5.78. The van der Waals surface area contributed by atoms with Crippen LogP contribution in [-0.2, 0) is 4.79 Å². The molecule has 0 spiro atoms. The van der Waals surface area contributed by atoms with Crippen molar-refractivity contribution >= 4 is 5.91 Å². The Kier molecular flexibility index (Phi) is 5.17. The summed E-state index contributed by atoms with van der Waals surface area (Å²) in [4.78, 5) is 11.9. The third-order valence-corrected chi connectivity index (χ3v) is 4.07. The van der Waals surface area contributed by atoms with Gasteiger partial charge in [-0.3, -0.25) is 4.79 Å². The molecule has 1 aromatic rings. The van der Waals surface area contributed by atoms with Crippen molar-refractivity contribution in [1.82, 2.24) is 15.8 Å². The lowest BCUT2D eigenvalue weighted by Gasteiger charge is -2.18. The van der Waals surface area contributed by atoms with Crippen molar-refractivity contribution in [2.45, 2.75) is 65.0 Å². The molecule has 1 heterocycles. The van der Waals surface area contributed by atoms with Gasteiger partial charge in [-0.15, -0.1) is 0 Å². The molecule has 112 valence electrons. The number of nitrogens with zero attached hydrogens (tertiary/aromatic N) is 1. The van der Waals surface area contributed by atoms with Crippen molar-refractivity contribution in [1.29, 1.82) is 0 Å². The summed E-state index contributed by atoms with van der Waals surface area (Å²) in [6.07, 6.45) is 5.60. The van der Waals surface area contributed by atoms with Crippen molar-refractivity contribution < 1.29 is 9.32 Å². The molecule has 0 aromatic carbocycles. The second-order valence-corrected chi connectivity index (χ2v) is 5.63. The molecular weight excluding hydrogens is 254 g/mol. The number of nitrogens with one attached hydrogen (secondary N) is 2. The second kappa shape index (κ2) is 6.88. The zero-order valence-electron chi connectivity index (χ0n) is 12.7. The molecule has 0 saturated heterocycles. The van der Waals surface area contributed by atoms with E-state index in [4.69, 9.17) is 4.52 Å². The molecule has 1 aliphatic rings. The van der Waals surface area contributed by atoms with E-state index < -0.39 is 0 Å². The number of rotatable bonds is 6. The summed E-state index contributed by atoms with van der Waals surface area (Å²) in [5.74, 6) is 0.917. The molecule has 1 aliphatic carbocycles. The van der Waals surface area contributed by atoms with Crippen LogP contribution >= 0.6 is 0 Å². The van der Waals surface area contributed by atoms with Gasteiger partial charge in [0.2, 0.25) is 5.91 Å². The third-order valence-electron chi connectivity index (χ3n) is 4.07. The molecule has 2 rings (SSSR count). The van der Waals surface area contributed by atoms with E-state index in [1.807, 2.05) is 13.8 Å². The Hall–Kier alpha value is -1.36. The molecule has 20 heavy (non-hydrogen) atoms. The molecule has 1 amide bonds. The summed E-state index contributed by atoms with van der Waals surface area (Å²) in [6.45, 7) is 6.30. The van der Waals surface area contributed by atoms with E-state index in [0.717, 1.165) is 36.3 Å². The van der Waals surface area contributed by atoms with Gasteiger partial charge >= 0.3 is 0 Å². The number of aryl methyl sites for hydroxylation is 2. The first-order valence-electron chi connectivity index (χ1n) is 7.57. The number of aromatic nitrogens is 1. The van der Waals surface area contributed by atoms with Gasteiger partial charge in [-0.2, -0.15) is 0 Å². The van der Waals surface area contributed by atoms with E-state index in [2.05, 4.69) is 22.7 Å². The molecule has 5 nitrogen and oxygen atoms in total. The number of hydrogen-bond acceptors (Lipinski definition) is 4. The standard InChI is InChI=1S/C15H25N3O2/c1-4-13(15-10(2)18-20-11(15)3)16-9-14(19)17-12-7-5-6-8-12/h12-13,16H,4-9H2,1-3H3,(H,17,19)/t13-/m0/s1. The maximum atomic E-state index is 11.9. The fourth-order valence-electron chi connectivity index (χ4n) is 3.00. The fourth-order valence-corrected chi connectivity index (χ4v) is 3.00. The second-order valence-electron chi connectivity index (χ2n) is 5.63. The maximum Gasteiger partial charge on any atom is 0.234 e. The van der Waals surface area contributed by atoms with Crippen LogP contribution in [0.2, 0.25) is 0 Å². The van der Waals surface area contributed by atoms with Gasteiger partial charge in [0.15, 0.2) is 0 Å². The van der Waals surface area contributed by atoms with Crippen molar-refractivity contribution in [3.05, 3.63) is 17.0 Å². The highest BCUT2D eigenvalue weighted by atomic mass is 16.5. The van der Waals surface area contributed by atoms with Crippen LogP contribution in [0.25, 0.3) is 0 Å². The van der Waals surface area contributed by atoms with Crippen LogP contribution < -0.4 is 10.6 Å². The molecule has 1 aromatic heterocycles. The van der Waals surface area contributed by atoms with Crippen LogP contribution in [0.1, 0.15) is 62.1 Å². The van der Waals surface area contributed by atoms with Crippen LogP contribution in [-0.4, -0.2) is 23.7 Å². The normalized spacial score (nSPS) is 17.4. The summed E-state index contributed by atoms with van der Waals surface area (Å²) < 4.78 is 5.20. The summed E-state index contributed by atoms with van der Waals surface area (Å²) in [5, 5.41) is 10.4. The molecule has 1 saturated carbocycles. The van der Waals surface area contributed by atoms with E-state index in [1.165, 1.54) is 12.8 Å². The Morgan fingerprint density at radius 3 is 2.65 bits per heavy atom. The van der Waals surface area contributed by atoms with Gasteiger partial charge in [0, 0.05) is 17.6 Å². The van der Waals surface area contributed by atoms with Crippen molar-refractivity contribution in [2.24, 2.45) is 0 Å². The van der Waals surface area contributed by atoms with Crippen molar-refractivity contribution in [2.75, 3.05) is 6.54 Å². The Morgan fingerprint density at radius 1 is 1.40 bits per heavy atom. The van der Waals surface area contributed by atoms with Gasteiger partial charge in [-0.1, -0.05) is 24.9 Å². The summed E-state index contributed by atoms with van der Waals surface area (Å²) in [5.41, 5.74) is 1.99. The molecule has 0 unspecified atom stereocenters. The minimum Gasteiger partial charge on any atom is -0.361 e. The largest absolute Gasteiger partial charge is 0.361 e. The minimum atomic E-state index is 0.0853. The average molecular weight is 279 g/mol. The van der Waals surface area contributed by atoms with Crippen LogP contribution in [0.15, 0.2) is 4.52 Å². The van der Waals surface area contributed by atoms with E-state index in [9.17, 15) is 4.79 Å². The predicted octanol–water partition coefficient (Wildman–Crippen LogP) is 2.39. The van der Waals surface area contributed by atoms with Gasteiger partial charge in [0.05, 0.1) is 12.2 Å². The number of hydrogen-bond donors (Lipinski definition) is 2. The zero-order valence-corrected chi connectivity index (χ0v) is 12.7. The summed E-state index contributed by atoms with van der Waals surface area (Å²) in [7, 11) is 0. The minimum absolute atomic E-state index is 0.0853. The number of amides is 1. The Morgan fingerprint density at radius 2 is 2.10 bits per heavy atom. The van der Waals surface area contributed by atoms with E-state index >= 15 is 0 Å². The molecule has 1 atom stereocenters. The summed E-state index contributed by atoms with van der Waals surface area (Å²) in [6, 6.07) is 0.499. The smallest absolute Gasteiger partial charge is 0.234 e. The molecule has 0 aliphatic heterocycles. The molecule has 5 heteroatoms. The predicted molar refractivity (Wildman–Crippen MR) is 77.4 cm³/mol. The monoisotopic (exact) mass is 279 g/mol. The Labute approximate surface area is 120 Å². The number of carbonyl (C=O) groups excluding carboxylic acids is 1. The first kappa shape index (κ1) is 15.0. The summed E-state index contributed by atoms with van der Waals surface area (Å²) >= 11 is 0. The average Bonchev–Trinajstić information content (AvgIpc) is 3.03. The van der Waals surface area contributed by atoms with E-state index in [1.54, 1.807) is 0 Å². The van der Waals surface area contributed by atoms with Gasteiger partial charge < -0.3 is 15.2 Å². The Bertz CT molecular complexity index is 430. The zero-order chi connectivity index (χ0) is 14.5. The fraction of sp³-hybridized carbons (Fsp3) is 0.733. The van der Waals surface area contributed by atoms with Crippen molar-refractivity contribution in [3.63, 3.8) is 0 Å². The van der Waals surface area contributed by atoms with Gasteiger partial charge in [-0.05, 0) is 33.1 Å². The van der Waals surface area contributed by atoms with Crippen molar-refractivity contribution in [3.8, 4) is 0 Å². The quantitative estimate of drug-likeness (QED) is 0.839. The first-order chi connectivity index (χ1) is 9.61. The third kappa shape index (κ3) is 3.60. The first-order valence-corrected chi connectivity index (χ1v) is 7.57.